The van der Waals surface area contributed by atoms with Gasteiger partial charge in [0.2, 0.25) is 0 Å². The van der Waals surface area contributed by atoms with Crippen LogP contribution in [0.2, 0.25) is 0 Å². The summed E-state index contributed by atoms with van der Waals surface area (Å²) in [5.41, 5.74) is 3.86. The van der Waals surface area contributed by atoms with Crippen molar-refractivity contribution in [2.45, 2.75) is 6.92 Å². The lowest BCUT2D eigenvalue weighted by Crippen LogP contribution is -1.81. The highest BCUT2D eigenvalue weighted by Gasteiger charge is 2.04. The van der Waals surface area contributed by atoms with Crippen molar-refractivity contribution in [1.82, 2.24) is 9.38 Å². The summed E-state index contributed by atoms with van der Waals surface area (Å²) in [7, 11) is 0. The van der Waals surface area contributed by atoms with Gasteiger partial charge in [-0.15, -0.1) is 0 Å². The molecule has 0 aliphatic rings. The SMILES string of the molecule is Cc1ccn2cc(-c3ccc(F)cc3)nc2c1. The third kappa shape index (κ3) is 1.80. The minimum absolute atomic E-state index is 0.228. The van der Waals surface area contributed by atoms with Gasteiger partial charge in [-0.05, 0) is 48.9 Å². The van der Waals surface area contributed by atoms with Gasteiger partial charge in [0.25, 0.3) is 0 Å². The second-order valence-corrected chi connectivity index (χ2v) is 4.10. The summed E-state index contributed by atoms with van der Waals surface area (Å²) >= 11 is 0. The average Bonchev–Trinajstić information content (AvgIpc) is 2.72. The fourth-order valence-corrected chi connectivity index (χ4v) is 1.84. The first-order valence-electron chi connectivity index (χ1n) is 5.44. The zero-order chi connectivity index (χ0) is 11.8. The van der Waals surface area contributed by atoms with Crippen molar-refractivity contribution in [2.75, 3.05) is 0 Å². The van der Waals surface area contributed by atoms with Gasteiger partial charge in [-0.2, -0.15) is 0 Å². The van der Waals surface area contributed by atoms with Crippen molar-refractivity contribution in [3.8, 4) is 11.3 Å². The van der Waals surface area contributed by atoms with E-state index in [4.69, 9.17) is 0 Å². The molecule has 2 heterocycles. The molecule has 0 aliphatic carbocycles. The lowest BCUT2D eigenvalue weighted by molar-refractivity contribution is 0.628. The highest BCUT2D eigenvalue weighted by molar-refractivity contribution is 5.62. The number of halogens is 1. The number of aromatic nitrogens is 2. The molecule has 0 fully saturated rings. The Hall–Kier alpha value is -2.16. The Morgan fingerprint density at radius 2 is 1.88 bits per heavy atom. The molecule has 0 atom stereocenters. The van der Waals surface area contributed by atoms with Crippen molar-refractivity contribution >= 4 is 5.65 Å². The highest BCUT2D eigenvalue weighted by Crippen LogP contribution is 2.19. The molecule has 2 nitrogen and oxygen atoms in total. The first-order chi connectivity index (χ1) is 8.22. The first-order valence-corrected chi connectivity index (χ1v) is 5.44. The van der Waals surface area contributed by atoms with Crippen LogP contribution in [0, 0.1) is 12.7 Å². The van der Waals surface area contributed by atoms with Crippen LogP contribution in [0.5, 0.6) is 0 Å². The topological polar surface area (TPSA) is 17.3 Å². The van der Waals surface area contributed by atoms with E-state index in [2.05, 4.69) is 4.98 Å². The zero-order valence-corrected chi connectivity index (χ0v) is 9.39. The van der Waals surface area contributed by atoms with E-state index in [9.17, 15) is 4.39 Å². The predicted molar refractivity (Wildman–Crippen MR) is 65.3 cm³/mol. The Morgan fingerprint density at radius 1 is 1.12 bits per heavy atom. The quantitative estimate of drug-likeness (QED) is 0.621. The molecule has 2 aromatic heterocycles. The fraction of sp³-hybridized carbons (Fsp3) is 0.0714. The summed E-state index contributed by atoms with van der Waals surface area (Å²) in [6, 6.07) is 10.4. The Kier molecular flexibility index (Phi) is 2.18. The number of aryl methyl sites for hydroxylation is 1. The summed E-state index contributed by atoms with van der Waals surface area (Å²) in [6.45, 7) is 2.03. The minimum atomic E-state index is -0.228. The molecule has 3 aromatic rings. The second kappa shape index (κ2) is 3.70. The van der Waals surface area contributed by atoms with Gasteiger partial charge in [-0.1, -0.05) is 0 Å². The Balaban J connectivity index is 2.14. The molecule has 3 heteroatoms. The standard InChI is InChI=1S/C14H11FN2/c1-10-6-7-17-9-13(16-14(17)8-10)11-2-4-12(15)5-3-11/h2-9H,1H3. The molecule has 0 spiro atoms. The molecule has 3 rings (SSSR count). The zero-order valence-electron chi connectivity index (χ0n) is 9.39. The van der Waals surface area contributed by atoms with Crippen molar-refractivity contribution < 1.29 is 4.39 Å². The normalized spacial score (nSPS) is 10.9. The van der Waals surface area contributed by atoms with Gasteiger partial charge in [0.1, 0.15) is 11.5 Å². The third-order valence-electron chi connectivity index (χ3n) is 2.76. The van der Waals surface area contributed by atoms with E-state index >= 15 is 0 Å². The molecule has 0 N–H and O–H groups in total. The number of rotatable bonds is 1. The fourth-order valence-electron chi connectivity index (χ4n) is 1.84. The van der Waals surface area contributed by atoms with Gasteiger partial charge >= 0.3 is 0 Å². The molecule has 0 aliphatic heterocycles. The number of benzene rings is 1. The largest absolute Gasteiger partial charge is 0.306 e. The number of fused-ring (bicyclic) bond motifs is 1. The second-order valence-electron chi connectivity index (χ2n) is 4.10. The summed E-state index contributed by atoms with van der Waals surface area (Å²) < 4.78 is 14.8. The summed E-state index contributed by atoms with van der Waals surface area (Å²) in [6.07, 6.45) is 3.92. The molecule has 0 saturated carbocycles. The van der Waals surface area contributed by atoms with Crippen LogP contribution >= 0.6 is 0 Å². The van der Waals surface area contributed by atoms with E-state index in [0.717, 1.165) is 16.9 Å². The van der Waals surface area contributed by atoms with E-state index in [-0.39, 0.29) is 5.82 Å². The number of hydrogen-bond donors (Lipinski definition) is 0. The van der Waals surface area contributed by atoms with Crippen molar-refractivity contribution in [2.24, 2.45) is 0 Å². The van der Waals surface area contributed by atoms with Crippen LogP contribution in [0.1, 0.15) is 5.56 Å². The summed E-state index contributed by atoms with van der Waals surface area (Å²) in [4.78, 5) is 4.51. The molecular weight excluding hydrogens is 215 g/mol. The van der Waals surface area contributed by atoms with Crippen LogP contribution in [-0.2, 0) is 0 Å². The van der Waals surface area contributed by atoms with Gasteiger partial charge in [-0.3, -0.25) is 0 Å². The molecule has 84 valence electrons. The lowest BCUT2D eigenvalue weighted by Gasteiger charge is -1.94. The van der Waals surface area contributed by atoms with Crippen LogP contribution in [0.3, 0.4) is 0 Å². The van der Waals surface area contributed by atoms with Gasteiger partial charge < -0.3 is 4.40 Å². The predicted octanol–water partition coefficient (Wildman–Crippen LogP) is 3.45. The van der Waals surface area contributed by atoms with E-state index in [1.807, 2.05) is 35.9 Å². The highest BCUT2D eigenvalue weighted by atomic mass is 19.1. The Labute approximate surface area is 98.4 Å². The van der Waals surface area contributed by atoms with Crippen LogP contribution < -0.4 is 0 Å². The monoisotopic (exact) mass is 226 g/mol. The van der Waals surface area contributed by atoms with E-state index < -0.39 is 0 Å². The van der Waals surface area contributed by atoms with Gasteiger partial charge in [0.15, 0.2) is 0 Å². The molecule has 0 amide bonds. The van der Waals surface area contributed by atoms with E-state index in [1.165, 1.54) is 17.7 Å². The third-order valence-corrected chi connectivity index (χ3v) is 2.76. The molecule has 17 heavy (non-hydrogen) atoms. The van der Waals surface area contributed by atoms with Gasteiger partial charge in [0.05, 0.1) is 5.69 Å². The van der Waals surface area contributed by atoms with Crippen molar-refractivity contribution in [3.05, 3.63) is 60.2 Å². The maximum atomic E-state index is 12.8. The van der Waals surface area contributed by atoms with Crippen LogP contribution in [0.15, 0.2) is 48.8 Å². The minimum Gasteiger partial charge on any atom is -0.306 e. The molecule has 0 saturated heterocycles. The number of imidazole rings is 1. The maximum absolute atomic E-state index is 12.8. The van der Waals surface area contributed by atoms with Crippen molar-refractivity contribution in [3.63, 3.8) is 0 Å². The maximum Gasteiger partial charge on any atom is 0.137 e. The van der Waals surface area contributed by atoms with Crippen LogP contribution in [0.25, 0.3) is 16.9 Å². The van der Waals surface area contributed by atoms with Gasteiger partial charge in [-0.25, -0.2) is 9.37 Å². The molecular formula is C14H11FN2. The lowest BCUT2D eigenvalue weighted by atomic mass is 10.2. The Bertz CT molecular complexity index is 668. The summed E-state index contributed by atoms with van der Waals surface area (Å²) in [5.74, 6) is -0.228. The molecule has 0 radical (unpaired) electrons. The van der Waals surface area contributed by atoms with Crippen molar-refractivity contribution in [1.29, 1.82) is 0 Å². The van der Waals surface area contributed by atoms with Gasteiger partial charge in [0, 0.05) is 18.0 Å². The Morgan fingerprint density at radius 3 is 2.65 bits per heavy atom. The van der Waals surface area contributed by atoms with Crippen LogP contribution in [-0.4, -0.2) is 9.38 Å². The molecule has 1 aromatic carbocycles. The van der Waals surface area contributed by atoms with E-state index in [0.29, 0.717) is 0 Å². The van der Waals surface area contributed by atoms with Crippen LogP contribution in [0.4, 0.5) is 4.39 Å². The molecule has 0 bridgehead atoms. The molecule has 0 unspecified atom stereocenters. The number of pyridine rings is 1. The number of hydrogen-bond acceptors (Lipinski definition) is 1. The van der Waals surface area contributed by atoms with E-state index in [1.54, 1.807) is 12.1 Å². The average molecular weight is 226 g/mol. The smallest absolute Gasteiger partial charge is 0.137 e. The first kappa shape index (κ1) is 10.0. The number of nitrogens with zero attached hydrogens (tertiary/aromatic N) is 2. The summed E-state index contributed by atoms with van der Waals surface area (Å²) in [5, 5.41) is 0.